The summed E-state index contributed by atoms with van der Waals surface area (Å²) in [5.41, 5.74) is -1.96. The number of nitrogens with one attached hydrogen (secondary N) is 2. The van der Waals surface area contributed by atoms with Crippen LogP contribution in [0.1, 0.15) is 45.5 Å². The molecule has 0 aromatic heterocycles. The first-order valence-electron chi connectivity index (χ1n) is 15.8. The Balaban J connectivity index is 0.000000235. The van der Waals surface area contributed by atoms with Gasteiger partial charge in [-0.15, -0.1) is 0 Å². The van der Waals surface area contributed by atoms with Crippen molar-refractivity contribution in [2.75, 3.05) is 17.2 Å². The van der Waals surface area contributed by atoms with Gasteiger partial charge in [0.2, 0.25) is 10.0 Å². The quantitative estimate of drug-likeness (QED) is 0.123. The number of halogens is 6. The van der Waals surface area contributed by atoms with E-state index in [1.165, 1.54) is 66.7 Å². The summed E-state index contributed by atoms with van der Waals surface area (Å²) >= 11 is 17.8. The fourth-order valence-electron chi connectivity index (χ4n) is 5.08. The van der Waals surface area contributed by atoms with E-state index in [9.17, 15) is 36.0 Å². The lowest BCUT2D eigenvalue weighted by atomic mass is 9.90. The van der Waals surface area contributed by atoms with Crippen LogP contribution in [0.2, 0.25) is 15.1 Å². The number of benzene rings is 4. The van der Waals surface area contributed by atoms with Crippen LogP contribution in [0.4, 0.5) is 29.3 Å². The highest BCUT2D eigenvalue weighted by Crippen LogP contribution is 2.48. The van der Waals surface area contributed by atoms with Gasteiger partial charge in [-0.2, -0.15) is 18.4 Å². The summed E-state index contributed by atoms with van der Waals surface area (Å²) in [6.07, 6.45) is -4.54. The maximum atomic E-state index is 13.6. The minimum atomic E-state index is -4.87. The average Bonchev–Trinajstić information content (AvgIpc) is 3.94. The number of ketones is 1. The molecule has 1 atom stereocenters. The first kappa shape index (κ1) is 40.9. The number of carbonyl (C=O) groups excluding carboxylic acids is 3. The summed E-state index contributed by atoms with van der Waals surface area (Å²) in [6, 6.07) is 18.3. The Labute approximate surface area is 327 Å². The molecule has 0 radical (unpaired) electrons. The third-order valence-electron chi connectivity index (χ3n) is 7.91. The molecule has 4 N–H and O–H groups in total. The number of rotatable bonds is 7. The third kappa shape index (κ3) is 9.88. The second kappa shape index (κ2) is 16.2. The number of ether oxygens (including phenoxy) is 2. The van der Waals surface area contributed by atoms with Gasteiger partial charge in [-0.25, -0.2) is 18.4 Å². The molecule has 0 unspecified atom stereocenters. The Bertz CT molecular complexity index is 2440. The van der Waals surface area contributed by atoms with Crippen LogP contribution < -0.4 is 20.5 Å². The second-order valence-electron chi connectivity index (χ2n) is 12.1. The molecule has 1 aliphatic carbocycles. The Kier molecular flexibility index (Phi) is 12.0. The number of nitriles is 1. The predicted octanol–water partition coefficient (Wildman–Crippen LogP) is 8.14. The van der Waals surface area contributed by atoms with Crippen LogP contribution in [0, 0.1) is 36.0 Å². The molecule has 1 saturated carbocycles. The number of cyclic esters (lactones) is 1. The van der Waals surface area contributed by atoms with Gasteiger partial charge in [-0.1, -0.05) is 40.7 Å². The van der Waals surface area contributed by atoms with Gasteiger partial charge in [0.15, 0.2) is 12.4 Å². The van der Waals surface area contributed by atoms with E-state index in [-0.39, 0.29) is 59.6 Å². The zero-order valence-corrected chi connectivity index (χ0v) is 31.3. The lowest BCUT2D eigenvalue weighted by Crippen LogP contribution is -2.49. The van der Waals surface area contributed by atoms with Gasteiger partial charge in [0.25, 0.3) is 11.5 Å². The number of fused-ring (bicyclic) bond motifs is 1. The van der Waals surface area contributed by atoms with Crippen molar-refractivity contribution in [2.24, 2.45) is 11.1 Å². The number of primary sulfonamides is 1. The number of alkyl halides is 3. The molecule has 18 heteroatoms. The number of nitrogens with zero attached hydrogens (tertiary/aromatic N) is 1. The van der Waals surface area contributed by atoms with Crippen molar-refractivity contribution in [2.45, 2.75) is 36.4 Å². The first-order chi connectivity index (χ1) is 25.8. The lowest BCUT2D eigenvalue weighted by molar-refractivity contribution is -0.239. The predicted molar refractivity (Wildman–Crippen MR) is 198 cm³/mol. The summed E-state index contributed by atoms with van der Waals surface area (Å²) < 4.78 is 73.9. The van der Waals surface area contributed by atoms with Crippen LogP contribution in [-0.2, 0) is 25.2 Å². The zero-order valence-electron chi connectivity index (χ0n) is 28.2. The van der Waals surface area contributed by atoms with Crippen molar-refractivity contribution in [3.8, 4) is 23.7 Å². The van der Waals surface area contributed by atoms with E-state index in [1.807, 2.05) is 6.07 Å². The van der Waals surface area contributed by atoms with Gasteiger partial charge < -0.3 is 14.8 Å². The minimum Gasteiger partial charge on any atom is -0.483 e. The molecule has 4 aromatic rings. The van der Waals surface area contributed by atoms with Crippen LogP contribution in [-0.4, -0.2) is 39.0 Å². The molecule has 284 valence electrons. The molecule has 1 aliphatic heterocycles. The van der Waals surface area contributed by atoms with Crippen molar-refractivity contribution in [3.63, 3.8) is 0 Å². The molecule has 6 rings (SSSR count). The van der Waals surface area contributed by atoms with E-state index in [0.29, 0.717) is 11.3 Å². The number of aryl methyl sites for hydroxylation is 1. The number of carbonyl (C=O) groups is 3. The number of hydrogen-bond acceptors (Lipinski definition) is 8. The average molecular weight is 834 g/mol. The Morgan fingerprint density at radius 3 is 2.35 bits per heavy atom. The van der Waals surface area contributed by atoms with E-state index in [2.05, 4.69) is 27.2 Å². The van der Waals surface area contributed by atoms with Crippen molar-refractivity contribution < 1.29 is 45.4 Å². The molecule has 4 aromatic carbocycles. The molecular weight excluding hydrogens is 808 g/mol. The van der Waals surface area contributed by atoms with Gasteiger partial charge in [0.05, 0.1) is 27.8 Å². The van der Waals surface area contributed by atoms with E-state index in [1.54, 1.807) is 6.92 Å². The van der Waals surface area contributed by atoms with E-state index in [0.717, 1.165) is 18.9 Å². The fourth-order valence-corrected chi connectivity index (χ4v) is 6.26. The maximum absolute atomic E-state index is 13.6. The van der Waals surface area contributed by atoms with Crippen molar-refractivity contribution >= 4 is 74.0 Å². The fraction of sp³-hybridized carbons (Fsp3) is 0.189. The Hall–Kier alpha value is -5.29. The van der Waals surface area contributed by atoms with Crippen molar-refractivity contribution in [3.05, 3.63) is 116 Å². The summed E-state index contributed by atoms with van der Waals surface area (Å²) in [5, 5.41) is 19.7. The third-order valence-corrected chi connectivity index (χ3v) is 9.51. The second-order valence-corrected chi connectivity index (χ2v) is 15.0. The number of sulfonamides is 1. The number of hydrogen-bond donors (Lipinski definition) is 3. The number of amides is 2. The van der Waals surface area contributed by atoms with Crippen LogP contribution in [0.25, 0.3) is 0 Å². The minimum absolute atomic E-state index is 0.00179. The summed E-state index contributed by atoms with van der Waals surface area (Å²) in [6.45, 7) is 1.17. The standard InChI is InChI=1S/C23H17Cl2N3O5S.C14H9ClF3NO2/c1-13-6-18(34(27,31)32)3-4-20(13)28-22(29)12-33-21-5-2-16(24)10-19(21)23(30)15-7-14(11-26)8-17(25)9-15;15-9-3-4-11-10(7-9)13(14(16,17)18,21-12(20)19-11)6-5-8-1-2-8/h2-10H,12H2,1H3,(H,28,29)(H2,27,31,32);3-4,7-8H,1-2H2,(H,19,20)/t;13-/m.0/s1. The van der Waals surface area contributed by atoms with Crippen LogP contribution in [0.5, 0.6) is 5.75 Å². The number of nitrogens with two attached hydrogens (primary N) is 1. The molecule has 0 spiro atoms. The van der Waals surface area contributed by atoms with Crippen LogP contribution >= 0.6 is 34.8 Å². The van der Waals surface area contributed by atoms with Gasteiger partial charge in [-0.3, -0.25) is 14.9 Å². The van der Waals surface area contributed by atoms with E-state index in [4.69, 9.17) is 49.9 Å². The highest BCUT2D eigenvalue weighted by atomic mass is 35.5. The molecule has 55 heavy (non-hydrogen) atoms. The van der Waals surface area contributed by atoms with Crippen molar-refractivity contribution in [1.82, 2.24) is 0 Å². The van der Waals surface area contributed by atoms with E-state index >= 15 is 0 Å². The van der Waals surface area contributed by atoms with Gasteiger partial charge in [0.1, 0.15) is 5.75 Å². The topological polar surface area (TPSA) is 178 Å². The molecule has 2 aliphatic rings. The summed E-state index contributed by atoms with van der Waals surface area (Å²) in [4.78, 5) is 36.9. The monoisotopic (exact) mass is 832 g/mol. The van der Waals surface area contributed by atoms with Gasteiger partial charge >= 0.3 is 12.3 Å². The van der Waals surface area contributed by atoms with Crippen LogP contribution in [0.15, 0.2) is 77.7 Å². The Morgan fingerprint density at radius 1 is 1.02 bits per heavy atom. The molecule has 1 fully saturated rings. The zero-order chi connectivity index (χ0) is 40.3. The van der Waals surface area contributed by atoms with Gasteiger partial charge in [0, 0.05) is 37.8 Å². The maximum Gasteiger partial charge on any atom is 0.445 e. The highest BCUT2D eigenvalue weighted by molar-refractivity contribution is 7.89. The Morgan fingerprint density at radius 2 is 1.71 bits per heavy atom. The van der Waals surface area contributed by atoms with Crippen LogP contribution in [0.3, 0.4) is 0 Å². The molecule has 11 nitrogen and oxygen atoms in total. The number of anilines is 2. The van der Waals surface area contributed by atoms with Crippen molar-refractivity contribution in [1.29, 1.82) is 5.26 Å². The van der Waals surface area contributed by atoms with E-state index < -0.39 is 46.2 Å². The first-order valence-corrected chi connectivity index (χ1v) is 18.5. The molecule has 2 amide bonds. The molecular formula is C37H26Cl3F3N4O7S. The summed E-state index contributed by atoms with van der Waals surface area (Å²) in [5.74, 6) is 3.66. The summed E-state index contributed by atoms with van der Waals surface area (Å²) in [7, 11) is -3.87. The molecule has 0 saturated heterocycles. The van der Waals surface area contributed by atoms with Gasteiger partial charge in [-0.05, 0) is 104 Å². The molecule has 0 bridgehead atoms. The smallest absolute Gasteiger partial charge is 0.445 e. The largest absolute Gasteiger partial charge is 0.483 e. The highest BCUT2D eigenvalue weighted by Gasteiger charge is 2.62. The normalized spacial score (nSPS) is 16.0. The molecule has 1 heterocycles. The SMILES string of the molecule is Cc1cc(S(N)(=O)=O)ccc1NC(=O)COc1ccc(Cl)cc1C(=O)c1cc(Cl)cc(C#N)c1.O=C1Nc2ccc(Cl)cc2[C@@](C#CC2CC2)(C(F)(F)F)O1. The lowest BCUT2D eigenvalue weighted by Gasteiger charge is -2.35.